The first-order valence-electron chi connectivity index (χ1n) is 6.07. The van der Waals surface area contributed by atoms with Crippen molar-refractivity contribution in [1.29, 1.82) is 0 Å². The number of hydrogen-bond donors (Lipinski definition) is 2. The van der Waals surface area contributed by atoms with Crippen LogP contribution in [-0.4, -0.2) is 47.9 Å². The molecule has 1 fully saturated rings. The van der Waals surface area contributed by atoms with Crippen molar-refractivity contribution < 1.29 is 22.3 Å². The van der Waals surface area contributed by atoms with E-state index in [1.807, 2.05) is 0 Å². The van der Waals surface area contributed by atoms with Gasteiger partial charge < -0.3 is 14.8 Å². The largest absolute Gasteiger partial charge is 0.494 e. The van der Waals surface area contributed by atoms with E-state index in [2.05, 4.69) is 10.0 Å². The number of ether oxygens (including phenoxy) is 2. The van der Waals surface area contributed by atoms with Gasteiger partial charge in [0.1, 0.15) is 0 Å². The van der Waals surface area contributed by atoms with Gasteiger partial charge >= 0.3 is 0 Å². The van der Waals surface area contributed by atoms with Gasteiger partial charge in [0.25, 0.3) is 0 Å². The van der Waals surface area contributed by atoms with Crippen LogP contribution in [-0.2, 0) is 14.8 Å². The number of halogens is 1. The summed E-state index contributed by atoms with van der Waals surface area (Å²) >= 11 is 0. The molecule has 8 heteroatoms. The van der Waals surface area contributed by atoms with Crippen molar-refractivity contribution >= 4 is 10.0 Å². The molecular formula is C12H17FN2O4S. The average Bonchev–Trinajstić information content (AvgIpc) is 2.85. The van der Waals surface area contributed by atoms with Gasteiger partial charge in [0.2, 0.25) is 10.0 Å². The predicted octanol–water partition coefficient (Wildman–Crippen LogP) is 0.0994. The molecule has 2 atom stereocenters. The lowest BCUT2D eigenvalue weighted by molar-refractivity contribution is 0.103. The van der Waals surface area contributed by atoms with E-state index in [1.54, 1.807) is 0 Å². The van der Waals surface area contributed by atoms with Crippen molar-refractivity contribution in [2.75, 3.05) is 27.3 Å². The number of nitrogens with one attached hydrogen (secondary N) is 2. The number of sulfonamides is 1. The monoisotopic (exact) mass is 304 g/mol. The topological polar surface area (TPSA) is 76.7 Å². The molecule has 0 saturated carbocycles. The molecule has 1 unspecified atom stereocenters. The normalized spacial score (nSPS) is 22.9. The van der Waals surface area contributed by atoms with Crippen LogP contribution in [0.15, 0.2) is 23.1 Å². The van der Waals surface area contributed by atoms with Gasteiger partial charge in [-0.2, -0.15) is 0 Å². The van der Waals surface area contributed by atoms with Gasteiger partial charge in [-0.15, -0.1) is 0 Å². The molecule has 1 aromatic carbocycles. The molecule has 112 valence electrons. The van der Waals surface area contributed by atoms with Crippen LogP contribution in [0.3, 0.4) is 0 Å². The summed E-state index contributed by atoms with van der Waals surface area (Å²) < 4.78 is 50.4. The average molecular weight is 304 g/mol. The molecule has 1 aliphatic heterocycles. The van der Waals surface area contributed by atoms with Crippen LogP contribution in [0, 0.1) is 5.82 Å². The van der Waals surface area contributed by atoms with Crippen LogP contribution in [0.5, 0.6) is 5.75 Å². The van der Waals surface area contributed by atoms with Crippen molar-refractivity contribution in [3.8, 4) is 5.75 Å². The second-order valence-corrected chi connectivity index (χ2v) is 6.17. The summed E-state index contributed by atoms with van der Waals surface area (Å²) in [5.41, 5.74) is 0. The maximum absolute atomic E-state index is 13.6. The molecule has 2 rings (SSSR count). The Labute approximate surface area is 117 Å². The lowest BCUT2D eigenvalue weighted by Gasteiger charge is -2.18. The first-order valence-corrected chi connectivity index (χ1v) is 7.55. The minimum atomic E-state index is -3.80. The Kier molecular flexibility index (Phi) is 4.59. The zero-order valence-electron chi connectivity index (χ0n) is 11.2. The molecule has 1 aromatic rings. The highest BCUT2D eigenvalue weighted by molar-refractivity contribution is 7.89. The van der Waals surface area contributed by atoms with Crippen LogP contribution in [0.25, 0.3) is 0 Å². The Morgan fingerprint density at radius 2 is 2.10 bits per heavy atom. The number of benzene rings is 1. The van der Waals surface area contributed by atoms with Gasteiger partial charge in [-0.05, 0) is 18.2 Å². The van der Waals surface area contributed by atoms with Gasteiger partial charge in [-0.3, -0.25) is 0 Å². The SMILES string of the molecule is COc1ccc(S(=O)(=O)NC2CNC[C@@H]2OC)cc1F. The molecule has 0 spiro atoms. The van der Waals surface area contributed by atoms with E-state index in [4.69, 9.17) is 9.47 Å². The highest BCUT2D eigenvalue weighted by Gasteiger charge is 2.31. The van der Waals surface area contributed by atoms with Crippen LogP contribution >= 0.6 is 0 Å². The molecule has 0 bridgehead atoms. The summed E-state index contributed by atoms with van der Waals surface area (Å²) in [6, 6.07) is 3.14. The summed E-state index contributed by atoms with van der Waals surface area (Å²) in [5.74, 6) is -0.718. The zero-order chi connectivity index (χ0) is 14.8. The first-order chi connectivity index (χ1) is 9.47. The Balaban J connectivity index is 2.20. The summed E-state index contributed by atoms with van der Waals surface area (Å²) in [4.78, 5) is -0.141. The van der Waals surface area contributed by atoms with E-state index >= 15 is 0 Å². The van der Waals surface area contributed by atoms with Crippen LogP contribution in [0.2, 0.25) is 0 Å². The Bertz CT molecular complexity index is 579. The highest BCUT2D eigenvalue weighted by atomic mass is 32.2. The fourth-order valence-electron chi connectivity index (χ4n) is 2.10. The minimum Gasteiger partial charge on any atom is -0.494 e. The van der Waals surface area contributed by atoms with Crippen LogP contribution < -0.4 is 14.8 Å². The summed E-state index contributed by atoms with van der Waals surface area (Å²) in [7, 11) is -0.962. The lowest BCUT2D eigenvalue weighted by Crippen LogP contribution is -2.43. The van der Waals surface area contributed by atoms with E-state index in [9.17, 15) is 12.8 Å². The van der Waals surface area contributed by atoms with Gasteiger partial charge in [0.15, 0.2) is 11.6 Å². The van der Waals surface area contributed by atoms with E-state index in [1.165, 1.54) is 26.4 Å². The number of methoxy groups -OCH3 is 2. The Morgan fingerprint density at radius 3 is 2.70 bits per heavy atom. The molecule has 1 heterocycles. The Morgan fingerprint density at radius 1 is 1.35 bits per heavy atom. The molecule has 1 saturated heterocycles. The third kappa shape index (κ3) is 3.09. The molecule has 0 amide bonds. The van der Waals surface area contributed by atoms with Crippen molar-refractivity contribution in [2.45, 2.75) is 17.0 Å². The van der Waals surface area contributed by atoms with E-state index < -0.39 is 15.8 Å². The molecule has 1 aliphatic rings. The fraction of sp³-hybridized carbons (Fsp3) is 0.500. The van der Waals surface area contributed by atoms with Crippen molar-refractivity contribution in [1.82, 2.24) is 10.0 Å². The van der Waals surface area contributed by atoms with Crippen molar-refractivity contribution in [3.05, 3.63) is 24.0 Å². The minimum absolute atomic E-state index is 0.00116. The molecule has 20 heavy (non-hydrogen) atoms. The predicted molar refractivity (Wildman–Crippen MR) is 70.7 cm³/mol. The summed E-state index contributed by atoms with van der Waals surface area (Å²) in [5, 5.41) is 3.03. The van der Waals surface area contributed by atoms with E-state index in [0.29, 0.717) is 13.1 Å². The van der Waals surface area contributed by atoms with E-state index in [-0.39, 0.29) is 22.8 Å². The van der Waals surface area contributed by atoms with E-state index in [0.717, 1.165) is 6.07 Å². The van der Waals surface area contributed by atoms with Gasteiger partial charge in [-0.1, -0.05) is 0 Å². The summed E-state index contributed by atoms with van der Waals surface area (Å²) in [6.45, 7) is 1.04. The Hall–Kier alpha value is -1.22. The van der Waals surface area contributed by atoms with Crippen LogP contribution in [0.4, 0.5) is 4.39 Å². The van der Waals surface area contributed by atoms with Crippen molar-refractivity contribution in [2.24, 2.45) is 0 Å². The second-order valence-electron chi connectivity index (χ2n) is 4.46. The molecular weight excluding hydrogens is 287 g/mol. The molecule has 0 aliphatic carbocycles. The standard InChI is InChI=1S/C12H17FN2O4S/c1-18-11-4-3-8(5-9(11)13)20(16,17)15-10-6-14-7-12(10)19-2/h3-5,10,12,14-15H,6-7H2,1-2H3/t10?,12-/m0/s1. The molecule has 6 nitrogen and oxygen atoms in total. The number of hydrogen-bond acceptors (Lipinski definition) is 5. The maximum atomic E-state index is 13.6. The quantitative estimate of drug-likeness (QED) is 0.807. The maximum Gasteiger partial charge on any atom is 0.241 e. The lowest BCUT2D eigenvalue weighted by atomic mass is 10.2. The smallest absolute Gasteiger partial charge is 0.241 e. The summed E-state index contributed by atoms with van der Waals surface area (Å²) in [6.07, 6.45) is -0.243. The van der Waals surface area contributed by atoms with Gasteiger partial charge in [0, 0.05) is 20.2 Å². The first kappa shape index (κ1) is 15.2. The van der Waals surface area contributed by atoms with Crippen LogP contribution in [0.1, 0.15) is 0 Å². The zero-order valence-corrected chi connectivity index (χ0v) is 12.0. The number of rotatable bonds is 5. The molecule has 0 aromatic heterocycles. The molecule has 2 N–H and O–H groups in total. The fourth-order valence-corrected chi connectivity index (χ4v) is 3.38. The third-order valence-corrected chi connectivity index (χ3v) is 4.69. The van der Waals surface area contributed by atoms with Gasteiger partial charge in [-0.25, -0.2) is 17.5 Å². The molecule has 0 radical (unpaired) electrons. The van der Waals surface area contributed by atoms with Crippen molar-refractivity contribution in [3.63, 3.8) is 0 Å². The van der Waals surface area contributed by atoms with Gasteiger partial charge in [0.05, 0.1) is 24.2 Å². The second kappa shape index (κ2) is 6.04. The third-order valence-electron chi connectivity index (χ3n) is 3.20. The highest BCUT2D eigenvalue weighted by Crippen LogP contribution is 2.21.